The maximum absolute atomic E-state index is 12.8. The molecular weight excluding hydrogens is 338 g/mol. The Morgan fingerprint density at radius 2 is 1.78 bits per heavy atom. The third kappa shape index (κ3) is 4.74. The van der Waals surface area contributed by atoms with Crippen LogP contribution in [0.2, 0.25) is 0 Å². The number of nitrogens with zero attached hydrogens (tertiary/aromatic N) is 1. The summed E-state index contributed by atoms with van der Waals surface area (Å²) in [6, 6.07) is 15.9. The average molecular weight is 366 g/mol. The number of quaternary nitrogens is 1. The lowest BCUT2D eigenvalue weighted by Crippen LogP contribution is -3.16. The van der Waals surface area contributed by atoms with Gasteiger partial charge in [-0.25, -0.2) is 0 Å². The number of benzene rings is 2. The summed E-state index contributed by atoms with van der Waals surface area (Å²) in [7, 11) is 1.70. The number of anilines is 1. The first-order valence-electron chi connectivity index (χ1n) is 9.47. The topological polar surface area (TPSA) is 53.9 Å². The summed E-state index contributed by atoms with van der Waals surface area (Å²) in [4.78, 5) is 27.9. The first-order chi connectivity index (χ1) is 12.9. The fourth-order valence-electron chi connectivity index (χ4n) is 3.61. The van der Waals surface area contributed by atoms with Crippen LogP contribution in [0.3, 0.4) is 0 Å². The van der Waals surface area contributed by atoms with Crippen LogP contribution in [0.15, 0.2) is 48.5 Å². The molecule has 0 saturated carbocycles. The van der Waals surface area contributed by atoms with Gasteiger partial charge in [-0.15, -0.1) is 0 Å². The van der Waals surface area contributed by atoms with Gasteiger partial charge in [-0.2, -0.15) is 0 Å². The van der Waals surface area contributed by atoms with Crippen LogP contribution in [0.25, 0.3) is 0 Å². The van der Waals surface area contributed by atoms with Gasteiger partial charge in [0.25, 0.3) is 5.91 Å². The second-order valence-corrected chi connectivity index (χ2v) is 7.43. The van der Waals surface area contributed by atoms with E-state index in [4.69, 9.17) is 0 Å². The molecule has 142 valence electrons. The molecule has 1 heterocycles. The van der Waals surface area contributed by atoms with E-state index in [1.807, 2.05) is 38.1 Å². The molecule has 2 N–H and O–H groups in total. The molecule has 0 radical (unpaired) electrons. The van der Waals surface area contributed by atoms with Crippen LogP contribution in [0, 0.1) is 6.92 Å². The Bertz CT molecular complexity index is 817. The van der Waals surface area contributed by atoms with Gasteiger partial charge in [-0.05, 0) is 31.5 Å². The molecule has 0 aromatic heterocycles. The van der Waals surface area contributed by atoms with Gasteiger partial charge in [0.15, 0.2) is 6.04 Å². The van der Waals surface area contributed by atoms with Gasteiger partial charge in [-0.1, -0.05) is 42.0 Å². The molecule has 0 bridgehead atoms. The average Bonchev–Trinajstić information content (AvgIpc) is 2.68. The molecule has 2 amide bonds. The summed E-state index contributed by atoms with van der Waals surface area (Å²) in [5.74, 6) is -0.177. The van der Waals surface area contributed by atoms with Crippen LogP contribution < -0.4 is 10.2 Å². The molecule has 1 aliphatic heterocycles. The van der Waals surface area contributed by atoms with E-state index >= 15 is 0 Å². The Kier molecular flexibility index (Phi) is 5.91. The third-order valence-electron chi connectivity index (χ3n) is 5.33. The summed E-state index contributed by atoms with van der Waals surface area (Å²) >= 11 is 0. The molecule has 1 aliphatic rings. The number of likely N-dealkylation sites (N-methyl/N-ethyl adjacent to an activating group) is 1. The number of nitrogens with one attached hydrogen (secondary N) is 2. The Morgan fingerprint density at radius 3 is 2.48 bits per heavy atom. The van der Waals surface area contributed by atoms with E-state index in [2.05, 4.69) is 29.6 Å². The van der Waals surface area contributed by atoms with E-state index in [1.54, 1.807) is 7.05 Å². The van der Waals surface area contributed by atoms with Crippen molar-refractivity contribution < 1.29 is 14.5 Å². The third-order valence-corrected chi connectivity index (χ3v) is 5.33. The minimum atomic E-state index is -0.180. The van der Waals surface area contributed by atoms with E-state index in [1.165, 1.54) is 20.9 Å². The molecular formula is C22H28N3O2+. The summed E-state index contributed by atoms with van der Waals surface area (Å²) in [5, 5.41) is 2.85. The zero-order valence-electron chi connectivity index (χ0n) is 16.3. The molecule has 3 rings (SSSR count). The minimum Gasteiger partial charge on any atom is -0.331 e. The maximum Gasteiger partial charge on any atom is 0.280 e. The lowest BCUT2D eigenvalue weighted by Gasteiger charge is -2.31. The van der Waals surface area contributed by atoms with Crippen LogP contribution in [0.5, 0.6) is 0 Å². The molecule has 0 saturated heterocycles. The molecule has 1 unspecified atom stereocenters. The molecule has 5 nitrogen and oxygen atoms in total. The first kappa shape index (κ1) is 19.1. The first-order valence-corrected chi connectivity index (χ1v) is 9.47. The van der Waals surface area contributed by atoms with Gasteiger partial charge >= 0.3 is 0 Å². The smallest absolute Gasteiger partial charge is 0.280 e. The van der Waals surface area contributed by atoms with Crippen LogP contribution in [0.4, 0.5) is 5.69 Å². The van der Waals surface area contributed by atoms with Crippen LogP contribution in [-0.2, 0) is 22.6 Å². The Hall–Kier alpha value is -2.66. The van der Waals surface area contributed by atoms with E-state index in [-0.39, 0.29) is 24.4 Å². The van der Waals surface area contributed by atoms with Crippen LogP contribution in [0.1, 0.15) is 23.6 Å². The van der Waals surface area contributed by atoms with Crippen molar-refractivity contribution in [1.29, 1.82) is 0 Å². The SMILES string of the molecule is Cc1ccc(NC(=O)CN(C)C(=O)[C@H](C)[NH+]2CCc3ccccc3C2)cc1. The van der Waals surface area contributed by atoms with Crippen molar-refractivity contribution in [2.75, 3.05) is 25.5 Å². The van der Waals surface area contributed by atoms with Crippen LogP contribution >= 0.6 is 0 Å². The van der Waals surface area contributed by atoms with Gasteiger partial charge < -0.3 is 15.1 Å². The number of hydrogen-bond acceptors (Lipinski definition) is 2. The molecule has 27 heavy (non-hydrogen) atoms. The Labute approximate surface area is 161 Å². The molecule has 2 atom stereocenters. The number of fused-ring (bicyclic) bond motifs is 1. The molecule has 0 fully saturated rings. The number of carbonyl (C=O) groups excluding carboxylic acids is 2. The standard InChI is InChI=1S/C22H27N3O2/c1-16-8-10-20(11-9-16)23-21(26)15-24(3)22(27)17(2)25-13-12-18-6-4-5-7-19(18)14-25/h4-11,17H,12-15H2,1-3H3,(H,23,26)/p+1/t17-/m0/s1. The fourth-order valence-corrected chi connectivity index (χ4v) is 3.61. The lowest BCUT2D eigenvalue weighted by atomic mass is 9.98. The number of amides is 2. The Balaban J connectivity index is 1.55. The molecule has 0 aliphatic carbocycles. The molecule has 5 heteroatoms. The number of carbonyl (C=O) groups is 2. The minimum absolute atomic E-state index is 0.00318. The fraction of sp³-hybridized carbons (Fsp3) is 0.364. The Morgan fingerprint density at radius 1 is 1.11 bits per heavy atom. The highest BCUT2D eigenvalue weighted by atomic mass is 16.2. The van der Waals surface area contributed by atoms with E-state index in [0.717, 1.165) is 30.8 Å². The highest BCUT2D eigenvalue weighted by Gasteiger charge is 2.31. The monoisotopic (exact) mass is 366 g/mol. The van der Waals surface area contributed by atoms with Crippen molar-refractivity contribution in [3.05, 3.63) is 65.2 Å². The summed E-state index contributed by atoms with van der Waals surface area (Å²) < 4.78 is 0. The van der Waals surface area contributed by atoms with Gasteiger partial charge in [0.05, 0.1) is 13.1 Å². The highest BCUT2D eigenvalue weighted by Crippen LogP contribution is 2.11. The van der Waals surface area contributed by atoms with Gasteiger partial charge in [-0.3, -0.25) is 9.59 Å². The van der Waals surface area contributed by atoms with Crippen molar-refractivity contribution in [3.8, 4) is 0 Å². The zero-order chi connectivity index (χ0) is 19.4. The van der Waals surface area contributed by atoms with E-state index in [9.17, 15) is 9.59 Å². The molecule has 2 aromatic carbocycles. The van der Waals surface area contributed by atoms with Crippen molar-refractivity contribution in [1.82, 2.24) is 4.90 Å². The van der Waals surface area contributed by atoms with Crippen molar-refractivity contribution in [3.63, 3.8) is 0 Å². The normalized spacial score (nSPS) is 16.9. The van der Waals surface area contributed by atoms with Crippen molar-refractivity contribution in [2.24, 2.45) is 0 Å². The van der Waals surface area contributed by atoms with Crippen molar-refractivity contribution >= 4 is 17.5 Å². The van der Waals surface area contributed by atoms with Crippen molar-refractivity contribution in [2.45, 2.75) is 32.9 Å². The van der Waals surface area contributed by atoms with E-state index in [0.29, 0.717) is 0 Å². The van der Waals surface area contributed by atoms with E-state index < -0.39 is 0 Å². The molecule has 0 spiro atoms. The summed E-state index contributed by atoms with van der Waals surface area (Å²) in [5.41, 5.74) is 4.59. The van der Waals surface area contributed by atoms with Gasteiger partial charge in [0.2, 0.25) is 5.91 Å². The summed E-state index contributed by atoms with van der Waals surface area (Å²) in [6.45, 7) is 5.81. The maximum atomic E-state index is 12.8. The number of rotatable bonds is 5. The number of aryl methyl sites for hydroxylation is 1. The number of hydrogen-bond donors (Lipinski definition) is 2. The predicted molar refractivity (Wildman–Crippen MR) is 107 cm³/mol. The van der Waals surface area contributed by atoms with Crippen LogP contribution in [-0.4, -0.2) is 42.9 Å². The second-order valence-electron chi connectivity index (χ2n) is 7.43. The predicted octanol–water partition coefficient (Wildman–Crippen LogP) is 1.42. The lowest BCUT2D eigenvalue weighted by molar-refractivity contribution is -0.930. The van der Waals surface area contributed by atoms with Gasteiger partial charge in [0.1, 0.15) is 6.54 Å². The highest BCUT2D eigenvalue weighted by molar-refractivity contribution is 5.94. The second kappa shape index (κ2) is 8.35. The molecule has 2 aromatic rings. The summed E-state index contributed by atoms with van der Waals surface area (Å²) in [6.07, 6.45) is 0.987. The largest absolute Gasteiger partial charge is 0.331 e. The quantitative estimate of drug-likeness (QED) is 0.841. The zero-order valence-corrected chi connectivity index (χ0v) is 16.3. The van der Waals surface area contributed by atoms with Gasteiger partial charge in [0, 0.05) is 24.7 Å².